The van der Waals surface area contributed by atoms with Crippen LogP contribution in [0.4, 0.5) is 0 Å². The van der Waals surface area contributed by atoms with Crippen LogP contribution in [-0.2, 0) is 13.0 Å². The molecule has 0 saturated heterocycles. The first kappa shape index (κ1) is 13.5. The van der Waals surface area contributed by atoms with Crippen LogP contribution < -0.4 is 5.32 Å². The third kappa shape index (κ3) is 3.55. The number of rotatable bonds is 4. The summed E-state index contributed by atoms with van der Waals surface area (Å²) in [5.74, 6) is 0. The number of pyridine rings is 1. The Morgan fingerprint density at radius 1 is 1.33 bits per heavy atom. The van der Waals surface area contributed by atoms with E-state index in [2.05, 4.69) is 37.1 Å². The Morgan fingerprint density at radius 3 is 2.72 bits per heavy atom. The highest BCUT2D eigenvalue weighted by atomic mass is 14.9. The van der Waals surface area contributed by atoms with Crippen LogP contribution in [0.3, 0.4) is 0 Å². The van der Waals surface area contributed by atoms with E-state index in [0.29, 0.717) is 11.5 Å². The van der Waals surface area contributed by atoms with Crippen LogP contribution in [0.15, 0.2) is 18.3 Å². The monoisotopic (exact) mass is 246 g/mol. The van der Waals surface area contributed by atoms with Crippen molar-refractivity contribution in [2.45, 2.75) is 65.5 Å². The molecule has 0 atom stereocenters. The van der Waals surface area contributed by atoms with Crippen molar-refractivity contribution in [3.63, 3.8) is 0 Å². The number of aromatic nitrogens is 1. The van der Waals surface area contributed by atoms with Crippen molar-refractivity contribution < 1.29 is 0 Å². The Morgan fingerprint density at radius 2 is 2.06 bits per heavy atom. The van der Waals surface area contributed by atoms with Gasteiger partial charge >= 0.3 is 0 Å². The summed E-state index contributed by atoms with van der Waals surface area (Å²) >= 11 is 0. The molecule has 2 heteroatoms. The van der Waals surface area contributed by atoms with Crippen molar-refractivity contribution in [2.24, 2.45) is 5.41 Å². The van der Waals surface area contributed by atoms with Gasteiger partial charge in [0.05, 0.1) is 5.69 Å². The minimum absolute atomic E-state index is 0.553. The molecular formula is C16H26N2. The summed E-state index contributed by atoms with van der Waals surface area (Å²) in [6.45, 7) is 7.90. The molecule has 1 aliphatic rings. The van der Waals surface area contributed by atoms with Crippen LogP contribution in [-0.4, -0.2) is 11.0 Å². The van der Waals surface area contributed by atoms with Crippen molar-refractivity contribution >= 4 is 0 Å². The molecule has 0 spiro atoms. The second kappa shape index (κ2) is 5.83. The van der Waals surface area contributed by atoms with Crippen molar-refractivity contribution in [1.29, 1.82) is 0 Å². The van der Waals surface area contributed by atoms with E-state index in [4.69, 9.17) is 0 Å². The molecule has 1 N–H and O–H groups in total. The molecular weight excluding hydrogens is 220 g/mol. The van der Waals surface area contributed by atoms with E-state index in [1.54, 1.807) is 0 Å². The number of nitrogens with zero attached hydrogens (tertiary/aromatic N) is 1. The Labute approximate surface area is 111 Å². The molecule has 0 unspecified atom stereocenters. The van der Waals surface area contributed by atoms with E-state index in [9.17, 15) is 0 Å². The average Bonchev–Trinajstić information content (AvgIpc) is 2.38. The lowest BCUT2D eigenvalue weighted by Gasteiger charge is -2.34. The largest absolute Gasteiger partial charge is 0.308 e. The zero-order chi connectivity index (χ0) is 13.0. The van der Waals surface area contributed by atoms with E-state index in [1.165, 1.54) is 36.9 Å². The standard InChI is InChI=1S/C16H26N2/c1-4-13-6-5-11-17-15(13)12-18-14-7-9-16(2,3)10-8-14/h5-6,11,14,18H,4,7-10,12H2,1-3H3. The quantitative estimate of drug-likeness (QED) is 0.876. The lowest BCUT2D eigenvalue weighted by atomic mass is 9.75. The number of hydrogen-bond acceptors (Lipinski definition) is 2. The highest BCUT2D eigenvalue weighted by molar-refractivity contribution is 5.19. The molecule has 1 aromatic rings. The fourth-order valence-corrected chi connectivity index (χ4v) is 2.80. The summed E-state index contributed by atoms with van der Waals surface area (Å²) in [5, 5.41) is 3.69. The van der Waals surface area contributed by atoms with Crippen LogP contribution in [0.25, 0.3) is 0 Å². The summed E-state index contributed by atoms with van der Waals surface area (Å²) in [6, 6.07) is 4.91. The third-order valence-corrected chi connectivity index (χ3v) is 4.26. The van der Waals surface area contributed by atoms with Crippen LogP contribution in [0.5, 0.6) is 0 Å². The molecule has 0 amide bonds. The minimum Gasteiger partial charge on any atom is -0.308 e. The molecule has 1 saturated carbocycles. The molecule has 1 heterocycles. The topological polar surface area (TPSA) is 24.9 Å². The maximum atomic E-state index is 4.50. The smallest absolute Gasteiger partial charge is 0.0573 e. The van der Waals surface area contributed by atoms with Gasteiger partial charge in [-0.25, -0.2) is 0 Å². The van der Waals surface area contributed by atoms with Gasteiger partial charge in [0.25, 0.3) is 0 Å². The van der Waals surface area contributed by atoms with Crippen molar-refractivity contribution in [3.05, 3.63) is 29.6 Å². The Bertz CT molecular complexity index is 374. The third-order valence-electron chi connectivity index (χ3n) is 4.26. The maximum absolute atomic E-state index is 4.50. The highest BCUT2D eigenvalue weighted by Crippen LogP contribution is 2.35. The summed E-state index contributed by atoms with van der Waals surface area (Å²) in [5.41, 5.74) is 3.16. The summed E-state index contributed by atoms with van der Waals surface area (Å²) in [4.78, 5) is 4.50. The van der Waals surface area contributed by atoms with Gasteiger partial charge in [0.15, 0.2) is 0 Å². The fraction of sp³-hybridized carbons (Fsp3) is 0.688. The minimum atomic E-state index is 0.553. The molecule has 1 fully saturated rings. The highest BCUT2D eigenvalue weighted by Gasteiger charge is 2.26. The van der Waals surface area contributed by atoms with Gasteiger partial charge < -0.3 is 5.32 Å². The molecule has 2 rings (SSSR count). The Hall–Kier alpha value is -0.890. The molecule has 1 aliphatic carbocycles. The van der Waals surface area contributed by atoms with Crippen molar-refractivity contribution in [2.75, 3.05) is 0 Å². The molecule has 18 heavy (non-hydrogen) atoms. The molecule has 0 bridgehead atoms. The summed E-state index contributed by atoms with van der Waals surface area (Å²) in [7, 11) is 0. The van der Waals surface area contributed by atoms with Gasteiger partial charge in [-0.2, -0.15) is 0 Å². The van der Waals surface area contributed by atoms with Gasteiger partial charge in [0.2, 0.25) is 0 Å². The van der Waals surface area contributed by atoms with Crippen molar-refractivity contribution in [3.8, 4) is 0 Å². The van der Waals surface area contributed by atoms with Crippen LogP contribution in [0, 0.1) is 5.41 Å². The lowest BCUT2D eigenvalue weighted by Crippen LogP contribution is -2.35. The van der Waals surface area contributed by atoms with E-state index >= 15 is 0 Å². The van der Waals surface area contributed by atoms with Crippen LogP contribution in [0.2, 0.25) is 0 Å². The summed E-state index contributed by atoms with van der Waals surface area (Å²) < 4.78 is 0. The number of aryl methyl sites for hydroxylation is 1. The van der Waals surface area contributed by atoms with Gasteiger partial charge in [0.1, 0.15) is 0 Å². The zero-order valence-corrected chi connectivity index (χ0v) is 12.0. The van der Waals surface area contributed by atoms with Gasteiger partial charge in [-0.15, -0.1) is 0 Å². The second-order valence-electron chi connectivity index (χ2n) is 6.28. The normalized spacial score (nSPS) is 19.9. The van der Waals surface area contributed by atoms with E-state index in [1.807, 2.05) is 12.3 Å². The Kier molecular flexibility index (Phi) is 4.39. The second-order valence-corrected chi connectivity index (χ2v) is 6.28. The molecule has 1 aromatic heterocycles. The van der Waals surface area contributed by atoms with E-state index in [0.717, 1.165) is 13.0 Å². The van der Waals surface area contributed by atoms with Crippen LogP contribution >= 0.6 is 0 Å². The molecule has 100 valence electrons. The van der Waals surface area contributed by atoms with Gasteiger partial charge in [0, 0.05) is 18.8 Å². The average molecular weight is 246 g/mol. The lowest BCUT2D eigenvalue weighted by molar-refractivity contribution is 0.205. The Balaban J connectivity index is 1.85. The molecule has 0 aromatic carbocycles. The number of hydrogen-bond donors (Lipinski definition) is 1. The number of nitrogens with one attached hydrogen (secondary N) is 1. The van der Waals surface area contributed by atoms with Crippen molar-refractivity contribution in [1.82, 2.24) is 10.3 Å². The van der Waals surface area contributed by atoms with Gasteiger partial charge in [-0.3, -0.25) is 4.98 Å². The zero-order valence-electron chi connectivity index (χ0n) is 12.0. The van der Waals surface area contributed by atoms with E-state index < -0.39 is 0 Å². The summed E-state index contributed by atoms with van der Waals surface area (Å²) in [6.07, 6.45) is 8.27. The first-order valence-electron chi connectivity index (χ1n) is 7.27. The molecule has 2 nitrogen and oxygen atoms in total. The van der Waals surface area contributed by atoms with Gasteiger partial charge in [-0.05, 0) is 49.1 Å². The molecule has 0 aliphatic heterocycles. The predicted molar refractivity (Wildman–Crippen MR) is 76.5 cm³/mol. The fourth-order valence-electron chi connectivity index (χ4n) is 2.80. The van der Waals surface area contributed by atoms with Gasteiger partial charge in [-0.1, -0.05) is 26.8 Å². The van der Waals surface area contributed by atoms with Crippen LogP contribution in [0.1, 0.15) is 57.7 Å². The molecule has 0 radical (unpaired) electrons. The van der Waals surface area contributed by atoms with E-state index in [-0.39, 0.29) is 0 Å². The maximum Gasteiger partial charge on any atom is 0.0573 e. The first-order chi connectivity index (χ1) is 8.61. The first-order valence-corrected chi connectivity index (χ1v) is 7.27. The predicted octanol–water partition coefficient (Wildman–Crippen LogP) is 3.70. The SMILES string of the molecule is CCc1cccnc1CNC1CCC(C)(C)CC1.